The molecule has 0 unspecified atom stereocenters. The van der Waals surface area contributed by atoms with Crippen LogP contribution in [0.5, 0.6) is 0 Å². The number of aromatic nitrogens is 3. The van der Waals surface area contributed by atoms with Crippen molar-refractivity contribution in [3.8, 4) is 0 Å². The van der Waals surface area contributed by atoms with E-state index in [-0.39, 0.29) is 11.9 Å². The van der Waals surface area contributed by atoms with Crippen LogP contribution in [0, 0.1) is 0 Å². The first-order chi connectivity index (χ1) is 13.1. The van der Waals surface area contributed by atoms with Gasteiger partial charge >= 0.3 is 0 Å². The van der Waals surface area contributed by atoms with Gasteiger partial charge in [-0.05, 0) is 25.1 Å². The second-order valence-electron chi connectivity index (χ2n) is 6.79. The molecule has 142 valence electrons. The zero-order valence-electron chi connectivity index (χ0n) is 15.8. The summed E-state index contributed by atoms with van der Waals surface area (Å²) in [5.41, 5.74) is 3.14. The first-order valence-electron chi connectivity index (χ1n) is 9.03. The highest BCUT2D eigenvalue weighted by molar-refractivity contribution is 5.97. The van der Waals surface area contributed by atoms with Gasteiger partial charge in [-0.1, -0.05) is 5.16 Å². The normalized spacial score (nSPS) is 15.9. The van der Waals surface area contributed by atoms with E-state index in [4.69, 9.17) is 14.2 Å². The van der Waals surface area contributed by atoms with Crippen LogP contribution in [0.3, 0.4) is 0 Å². The standard InChI is InChI=1S/C19H23N5O3/c1-13(15-6-9-27-21-15)22(2)18(25)14-4-5-17-16(12-14)20-19(23(17)3)24-7-10-26-11-8-24/h4-6,9,12-13H,7-8,10-11H2,1-3H3/t13-/m0/s1. The van der Waals surface area contributed by atoms with Gasteiger partial charge < -0.3 is 23.6 Å². The highest BCUT2D eigenvalue weighted by Crippen LogP contribution is 2.25. The molecule has 0 radical (unpaired) electrons. The number of morpholine rings is 1. The molecular weight excluding hydrogens is 346 g/mol. The quantitative estimate of drug-likeness (QED) is 0.702. The lowest BCUT2D eigenvalue weighted by atomic mass is 10.1. The zero-order chi connectivity index (χ0) is 19.0. The average molecular weight is 369 g/mol. The molecule has 1 atom stereocenters. The Hall–Kier alpha value is -2.87. The number of carbonyl (C=O) groups excluding carboxylic acids is 1. The van der Waals surface area contributed by atoms with Crippen molar-refractivity contribution in [3.05, 3.63) is 41.8 Å². The first kappa shape index (κ1) is 17.5. The van der Waals surface area contributed by atoms with Gasteiger partial charge in [-0.15, -0.1) is 0 Å². The summed E-state index contributed by atoms with van der Waals surface area (Å²) >= 11 is 0. The number of nitrogens with zero attached hydrogens (tertiary/aromatic N) is 5. The molecule has 2 aromatic heterocycles. The summed E-state index contributed by atoms with van der Waals surface area (Å²) in [7, 11) is 3.77. The summed E-state index contributed by atoms with van der Waals surface area (Å²) in [4.78, 5) is 21.6. The maximum atomic E-state index is 12.9. The summed E-state index contributed by atoms with van der Waals surface area (Å²) in [6.45, 7) is 4.97. The number of amides is 1. The predicted molar refractivity (Wildman–Crippen MR) is 101 cm³/mol. The fraction of sp³-hybridized carbons (Fsp3) is 0.421. The SMILES string of the molecule is C[C@@H](c1ccon1)N(C)C(=O)c1ccc2c(c1)nc(N1CCOCC1)n2C. The van der Waals surface area contributed by atoms with Gasteiger partial charge in [0.2, 0.25) is 5.95 Å². The molecule has 1 amide bonds. The molecule has 0 N–H and O–H groups in total. The number of fused-ring (bicyclic) bond motifs is 1. The Balaban J connectivity index is 1.62. The van der Waals surface area contributed by atoms with Gasteiger partial charge in [-0.3, -0.25) is 4.79 Å². The second-order valence-corrected chi connectivity index (χ2v) is 6.79. The molecule has 8 nitrogen and oxygen atoms in total. The summed E-state index contributed by atoms with van der Waals surface area (Å²) in [5.74, 6) is 0.827. The summed E-state index contributed by atoms with van der Waals surface area (Å²) < 4.78 is 12.4. The summed E-state index contributed by atoms with van der Waals surface area (Å²) in [6.07, 6.45) is 1.51. The van der Waals surface area contributed by atoms with Crippen molar-refractivity contribution in [2.24, 2.45) is 7.05 Å². The molecule has 0 bridgehead atoms. The molecule has 27 heavy (non-hydrogen) atoms. The van der Waals surface area contributed by atoms with E-state index in [9.17, 15) is 4.79 Å². The maximum Gasteiger partial charge on any atom is 0.254 e. The summed E-state index contributed by atoms with van der Waals surface area (Å²) in [5, 5.41) is 3.93. The third-order valence-electron chi connectivity index (χ3n) is 5.19. The van der Waals surface area contributed by atoms with Crippen LogP contribution in [0.25, 0.3) is 11.0 Å². The van der Waals surface area contributed by atoms with Gasteiger partial charge in [0.25, 0.3) is 5.91 Å². The summed E-state index contributed by atoms with van der Waals surface area (Å²) in [6, 6.07) is 7.24. The van der Waals surface area contributed by atoms with Crippen molar-refractivity contribution in [3.63, 3.8) is 0 Å². The van der Waals surface area contributed by atoms with Crippen molar-refractivity contribution >= 4 is 22.9 Å². The number of hydrogen-bond donors (Lipinski definition) is 0. The van der Waals surface area contributed by atoms with Crippen LogP contribution < -0.4 is 4.90 Å². The molecule has 1 aliphatic rings. The van der Waals surface area contributed by atoms with Crippen molar-refractivity contribution < 1.29 is 14.1 Å². The topological polar surface area (TPSA) is 76.6 Å². The van der Waals surface area contributed by atoms with Crippen LogP contribution in [0.15, 0.2) is 35.1 Å². The van der Waals surface area contributed by atoms with Crippen molar-refractivity contribution in [2.45, 2.75) is 13.0 Å². The number of rotatable bonds is 4. The number of anilines is 1. The smallest absolute Gasteiger partial charge is 0.254 e. The fourth-order valence-corrected chi connectivity index (χ4v) is 3.38. The Morgan fingerprint density at radius 1 is 1.26 bits per heavy atom. The highest BCUT2D eigenvalue weighted by Gasteiger charge is 2.23. The molecule has 4 rings (SSSR count). The number of carbonyl (C=O) groups is 1. The second kappa shape index (κ2) is 7.03. The number of benzene rings is 1. The van der Waals surface area contributed by atoms with E-state index in [0.29, 0.717) is 18.8 Å². The molecule has 0 saturated carbocycles. The first-order valence-corrected chi connectivity index (χ1v) is 9.03. The third-order valence-corrected chi connectivity index (χ3v) is 5.19. The minimum atomic E-state index is -0.181. The highest BCUT2D eigenvalue weighted by atomic mass is 16.5. The third kappa shape index (κ3) is 3.16. The van der Waals surface area contributed by atoms with Crippen LogP contribution >= 0.6 is 0 Å². The Morgan fingerprint density at radius 2 is 2.04 bits per heavy atom. The number of hydrogen-bond acceptors (Lipinski definition) is 6. The van der Waals surface area contributed by atoms with Crippen LogP contribution in [-0.2, 0) is 11.8 Å². The molecule has 0 aliphatic carbocycles. The number of ether oxygens (including phenoxy) is 1. The Bertz CT molecular complexity index is 944. The Labute approximate surface area is 157 Å². The Morgan fingerprint density at radius 3 is 2.74 bits per heavy atom. The average Bonchev–Trinajstić information content (AvgIpc) is 3.35. The van der Waals surface area contributed by atoms with Crippen molar-refractivity contribution in [1.29, 1.82) is 0 Å². The minimum absolute atomic E-state index is 0.0778. The van der Waals surface area contributed by atoms with Gasteiger partial charge in [0.05, 0.1) is 30.3 Å². The van der Waals surface area contributed by atoms with Crippen LogP contribution in [0.1, 0.15) is 29.0 Å². The van der Waals surface area contributed by atoms with E-state index in [2.05, 4.69) is 14.6 Å². The van der Waals surface area contributed by atoms with Crippen molar-refractivity contribution in [1.82, 2.24) is 19.6 Å². The minimum Gasteiger partial charge on any atom is -0.378 e. The van der Waals surface area contributed by atoms with Crippen LogP contribution in [0.4, 0.5) is 5.95 Å². The molecule has 3 heterocycles. The van der Waals surface area contributed by atoms with E-state index in [1.54, 1.807) is 18.0 Å². The van der Waals surface area contributed by atoms with E-state index in [1.165, 1.54) is 6.26 Å². The van der Waals surface area contributed by atoms with E-state index in [1.807, 2.05) is 32.2 Å². The lowest BCUT2D eigenvalue weighted by Crippen LogP contribution is -2.37. The fourth-order valence-electron chi connectivity index (χ4n) is 3.38. The van der Waals surface area contributed by atoms with E-state index >= 15 is 0 Å². The van der Waals surface area contributed by atoms with Crippen LogP contribution in [-0.4, -0.2) is 58.9 Å². The van der Waals surface area contributed by atoms with Gasteiger partial charge in [0.1, 0.15) is 12.0 Å². The van der Waals surface area contributed by atoms with Crippen molar-refractivity contribution in [2.75, 3.05) is 38.3 Å². The van der Waals surface area contributed by atoms with E-state index in [0.717, 1.165) is 35.8 Å². The maximum absolute atomic E-state index is 12.9. The number of imidazole rings is 1. The molecule has 1 saturated heterocycles. The molecule has 0 spiro atoms. The largest absolute Gasteiger partial charge is 0.378 e. The van der Waals surface area contributed by atoms with Gasteiger partial charge in [0.15, 0.2) is 0 Å². The zero-order valence-corrected chi connectivity index (χ0v) is 15.8. The van der Waals surface area contributed by atoms with E-state index < -0.39 is 0 Å². The lowest BCUT2D eigenvalue weighted by molar-refractivity contribution is 0.0737. The molecule has 1 fully saturated rings. The predicted octanol–water partition coefficient (Wildman–Crippen LogP) is 2.23. The molecule has 3 aromatic rings. The molecule has 8 heteroatoms. The molecular formula is C19H23N5O3. The Kier molecular flexibility index (Phi) is 4.57. The lowest BCUT2D eigenvalue weighted by Gasteiger charge is -2.27. The van der Waals surface area contributed by atoms with Gasteiger partial charge in [-0.25, -0.2) is 4.98 Å². The molecule has 1 aliphatic heterocycles. The number of aryl methyl sites for hydroxylation is 1. The van der Waals surface area contributed by atoms with Crippen LogP contribution in [0.2, 0.25) is 0 Å². The monoisotopic (exact) mass is 369 g/mol. The molecule has 1 aromatic carbocycles. The van der Waals surface area contributed by atoms with Gasteiger partial charge in [0, 0.05) is 38.8 Å². The van der Waals surface area contributed by atoms with Gasteiger partial charge in [-0.2, -0.15) is 0 Å².